The summed E-state index contributed by atoms with van der Waals surface area (Å²) in [6, 6.07) is 0. The number of rotatable bonds is 1. The van der Waals surface area contributed by atoms with Gasteiger partial charge in [-0.3, -0.25) is 4.40 Å². The maximum Gasteiger partial charge on any atom is 0.214 e. The van der Waals surface area contributed by atoms with Crippen molar-refractivity contribution in [2.45, 2.75) is 25.3 Å². The van der Waals surface area contributed by atoms with Crippen LogP contribution < -0.4 is 5.73 Å². The zero-order chi connectivity index (χ0) is 9.92. The van der Waals surface area contributed by atoms with Gasteiger partial charge in [-0.05, 0) is 19.8 Å². The molecule has 0 unspecified atom stereocenters. The summed E-state index contributed by atoms with van der Waals surface area (Å²) in [5, 5.41) is 0. The normalized spacial score (nSPS) is 19.1. The fraction of sp³-hybridized carbons (Fsp3) is 0.500. The van der Waals surface area contributed by atoms with Crippen LogP contribution in [-0.2, 0) is 12.6 Å². The molecule has 0 aromatic carbocycles. The number of aromatic nitrogens is 3. The van der Waals surface area contributed by atoms with Crippen LogP contribution in [0.3, 0.4) is 0 Å². The molecule has 14 heavy (non-hydrogen) atoms. The van der Waals surface area contributed by atoms with Gasteiger partial charge in [-0.15, -0.1) is 0 Å². The maximum atomic E-state index is 6.18. The summed E-state index contributed by atoms with van der Waals surface area (Å²) in [6.07, 6.45) is 6.18. The Morgan fingerprint density at radius 3 is 2.79 bits per heavy atom. The molecule has 1 fully saturated rings. The van der Waals surface area contributed by atoms with E-state index in [1.165, 1.54) is 5.69 Å². The molecule has 3 rings (SSSR count). The number of fused-ring (bicyclic) bond motifs is 1. The highest BCUT2D eigenvalue weighted by Gasteiger charge is 2.42. The minimum atomic E-state index is -0.0815. The molecule has 0 aliphatic heterocycles. The Hall–Kier alpha value is -1.29. The van der Waals surface area contributed by atoms with Gasteiger partial charge >= 0.3 is 0 Å². The molecule has 0 bridgehead atoms. The van der Waals surface area contributed by atoms with Crippen LogP contribution in [0.4, 0.5) is 0 Å². The van der Waals surface area contributed by atoms with Gasteiger partial charge in [0.15, 0.2) is 0 Å². The summed E-state index contributed by atoms with van der Waals surface area (Å²) in [5.41, 5.74) is 8.45. The second-order valence-electron chi connectivity index (χ2n) is 4.30. The molecule has 0 saturated heterocycles. The molecule has 2 heterocycles. The summed E-state index contributed by atoms with van der Waals surface area (Å²) in [7, 11) is 2.03. The Labute approximate surface area is 82.3 Å². The van der Waals surface area contributed by atoms with Crippen LogP contribution in [-0.4, -0.2) is 14.0 Å². The van der Waals surface area contributed by atoms with E-state index in [0.717, 1.165) is 24.3 Å². The third-order valence-corrected chi connectivity index (χ3v) is 3.17. The summed E-state index contributed by atoms with van der Waals surface area (Å²) >= 11 is 0. The SMILES string of the molecule is Cc1cnc2n(C)c(C3(N)CC3)cn12. The zero-order valence-electron chi connectivity index (χ0n) is 8.49. The lowest BCUT2D eigenvalue weighted by molar-refractivity contribution is 0.664. The van der Waals surface area contributed by atoms with Crippen molar-refractivity contribution in [1.82, 2.24) is 14.0 Å². The lowest BCUT2D eigenvalue weighted by Crippen LogP contribution is -2.21. The fourth-order valence-electron chi connectivity index (χ4n) is 2.01. The van der Waals surface area contributed by atoms with Gasteiger partial charge < -0.3 is 10.3 Å². The molecule has 2 aromatic rings. The molecule has 4 heteroatoms. The molecule has 1 aliphatic carbocycles. The van der Waals surface area contributed by atoms with Gasteiger partial charge in [0.2, 0.25) is 5.78 Å². The molecule has 0 amide bonds. The minimum absolute atomic E-state index is 0.0815. The standard InChI is InChI=1S/C10H14N4/c1-7-5-12-9-13(2)8(6-14(7)9)10(11)3-4-10/h5-6H,3-4,11H2,1-2H3. The van der Waals surface area contributed by atoms with Crippen molar-refractivity contribution in [3.8, 4) is 0 Å². The van der Waals surface area contributed by atoms with Crippen LogP contribution in [0, 0.1) is 6.92 Å². The van der Waals surface area contributed by atoms with E-state index in [2.05, 4.69) is 27.1 Å². The molecule has 1 aliphatic rings. The van der Waals surface area contributed by atoms with E-state index < -0.39 is 0 Å². The van der Waals surface area contributed by atoms with Crippen molar-refractivity contribution in [3.05, 3.63) is 23.8 Å². The first kappa shape index (κ1) is 8.05. The number of hydrogen-bond acceptors (Lipinski definition) is 2. The molecule has 74 valence electrons. The lowest BCUT2D eigenvalue weighted by Gasteiger charge is -2.08. The Bertz CT molecular complexity index is 501. The summed E-state index contributed by atoms with van der Waals surface area (Å²) in [4.78, 5) is 4.35. The number of aryl methyl sites for hydroxylation is 2. The van der Waals surface area contributed by atoms with Gasteiger partial charge in [0.05, 0.1) is 17.4 Å². The summed E-state index contributed by atoms with van der Waals surface area (Å²) < 4.78 is 4.20. The van der Waals surface area contributed by atoms with Crippen molar-refractivity contribution < 1.29 is 0 Å². The van der Waals surface area contributed by atoms with Crippen LogP contribution >= 0.6 is 0 Å². The number of imidazole rings is 2. The van der Waals surface area contributed by atoms with Gasteiger partial charge in [0.25, 0.3) is 0 Å². The van der Waals surface area contributed by atoms with Crippen molar-refractivity contribution >= 4 is 5.78 Å². The van der Waals surface area contributed by atoms with E-state index in [9.17, 15) is 0 Å². The van der Waals surface area contributed by atoms with E-state index in [-0.39, 0.29) is 5.54 Å². The third kappa shape index (κ3) is 0.838. The van der Waals surface area contributed by atoms with Crippen LogP contribution in [0.25, 0.3) is 5.78 Å². The largest absolute Gasteiger partial charge is 0.320 e. The number of nitrogens with two attached hydrogens (primary N) is 1. The van der Waals surface area contributed by atoms with Crippen molar-refractivity contribution in [2.75, 3.05) is 0 Å². The average Bonchev–Trinajstić information content (AvgIpc) is 2.65. The molecule has 1 saturated carbocycles. The van der Waals surface area contributed by atoms with E-state index in [1.807, 2.05) is 13.2 Å². The van der Waals surface area contributed by atoms with E-state index in [4.69, 9.17) is 5.73 Å². The summed E-state index contributed by atoms with van der Waals surface area (Å²) in [6.45, 7) is 2.06. The minimum Gasteiger partial charge on any atom is -0.320 e. The first-order valence-electron chi connectivity index (χ1n) is 4.90. The van der Waals surface area contributed by atoms with E-state index >= 15 is 0 Å². The maximum absolute atomic E-state index is 6.18. The molecular formula is C10H14N4. The van der Waals surface area contributed by atoms with Crippen LogP contribution in [0.5, 0.6) is 0 Å². The van der Waals surface area contributed by atoms with Crippen molar-refractivity contribution in [3.63, 3.8) is 0 Å². The van der Waals surface area contributed by atoms with Gasteiger partial charge in [-0.25, -0.2) is 4.98 Å². The second-order valence-corrected chi connectivity index (χ2v) is 4.30. The highest BCUT2D eigenvalue weighted by atomic mass is 15.2. The zero-order valence-corrected chi connectivity index (χ0v) is 8.49. The van der Waals surface area contributed by atoms with Gasteiger partial charge in [-0.2, -0.15) is 0 Å². The van der Waals surface area contributed by atoms with Crippen LogP contribution in [0.15, 0.2) is 12.4 Å². The molecule has 0 spiro atoms. The van der Waals surface area contributed by atoms with Crippen LogP contribution in [0.1, 0.15) is 24.2 Å². The van der Waals surface area contributed by atoms with Crippen LogP contribution in [0.2, 0.25) is 0 Å². The van der Waals surface area contributed by atoms with Crippen molar-refractivity contribution in [2.24, 2.45) is 12.8 Å². The molecule has 2 N–H and O–H groups in total. The smallest absolute Gasteiger partial charge is 0.214 e. The molecule has 4 nitrogen and oxygen atoms in total. The predicted molar refractivity (Wildman–Crippen MR) is 54.0 cm³/mol. The van der Waals surface area contributed by atoms with Gasteiger partial charge in [0, 0.05) is 18.9 Å². The quantitative estimate of drug-likeness (QED) is 0.727. The predicted octanol–water partition coefficient (Wildman–Crippen LogP) is 0.929. The Morgan fingerprint density at radius 1 is 1.50 bits per heavy atom. The topological polar surface area (TPSA) is 48.2 Å². The molecule has 2 aromatic heterocycles. The van der Waals surface area contributed by atoms with E-state index in [0.29, 0.717) is 0 Å². The fourth-order valence-corrected chi connectivity index (χ4v) is 2.01. The Balaban J connectivity index is 2.31. The Kier molecular flexibility index (Phi) is 1.27. The second kappa shape index (κ2) is 2.20. The Morgan fingerprint density at radius 2 is 2.21 bits per heavy atom. The molecule has 0 atom stereocenters. The van der Waals surface area contributed by atoms with E-state index in [1.54, 1.807) is 0 Å². The number of nitrogens with zero attached hydrogens (tertiary/aromatic N) is 3. The van der Waals surface area contributed by atoms with Gasteiger partial charge in [0.1, 0.15) is 0 Å². The highest BCUT2D eigenvalue weighted by molar-refractivity contribution is 5.39. The lowest BCUT2D eigenvalue weighted by atomic mass is 10.2. The highest BCUT2D eigenvalue weighted by Crippen LogP contribution is 2.42. The monoisotopic (exact) mass is 190 g/mol. The number of hydrogen-bond donors (Lipinski definition) is 1. The van der Waals surface area contributed by atoms with Crippen molar-refractivity contribution in [1.29, 1.82) is 0 Å². The first-order chi connectivity index (χ1) is 6.62. The molecule has 0 radical (unpaired) electrons. The summed E-state index contributed by atoms with van der Waals surface area (Å²) in [5.74, 6) is 0.981. The van der Waals surface area contributed by atoms with Gasteiger partial charge in [-0.1, -0.05) is 0 Å². The molecular weight excluding hydrogens is 176 g/mol. The average molecular weight is 190 g/mol. The first-order valence-corrected chi connectivity index (χ1v) is 4.90. The third-order valence-electron chi connectivity index (χ3n) is 3.17.